The van der Waals surface area contributed by atoms with Gasteiger partial charge in [0.1, 0.15) is 0 Å². The van der Waals surface area contributed by atoms with Gasteiger partial charge in [0.15, 0.2) is 5.69 Å². The van der Waals surface area contributed by atoms with Crippen LogP contribution in [0.4, 0.5) is 0 Å². The predicted molar refractivity (Wildman–Crippen MR) is 121 cm³/mol. The summed E-state index contributed by atoms with van der Waals surface area (Å²) in [5.74, 6) is 0.239. The average Bonchev–Trinajstić information content (AvgIpc) is 3.48. The maximum absolute atomic E-state index is 13.4. The fourth-order valence-electron chi connectivity index (χ4n) is 5.72. The molecule has 1 saturated heterocycles. The lowest BCUT2D eigenvalue weighted by atomic mass is 9.74. The second kappa shape index (κ2) is 8.68. The van der Waals surface area contributed by atoms with Crippen LogP contribution in [0.2, 0.25) is 0 Å². The summed E-state index contributed by atoms with van der Waals surface area (Å²) in [5.41, 5.74) is 2.70. The number of likely N-dealkylation sites (tertiary alicyclic amines) is 1. The molecule has 32 heavy (non-hydrogen) atoms. The highest BCUT2D eigenvalue weighted by atomic mass is 16.2. The van der Waals surface area contributed by atoms with Gasteiger partial charge >= 0.3 is 0 Å². The first-order valence-corrected chi connectivity index (χ1v) is 12.1. The Labute approximate surface area is 189 Å². The summed E-state index contributed by atoms with van der Waals surface area (Å²) < 4.78 is 1.75. The first-order valence-electron chi connectivity index (χ1n) is 12.1. The molecule has 1 atom stereocenters. The van der Waals surface area contributed by atoms with Gasteiger partial charge in [-0.25, -0.2) is 4.68 Å². The molecule has 3 heterocycles. The number of hydrogen-bond donors (Lipinski definition) is 0. The third-order valence-electron chi connectivity index (χ3n) is 7.68. The first kappa shape index (κ1) is 21.2. The number of amides is 2. The zero-order chi connectivity index (χ0) is 22.1. The highest BCUT2D eigenvalue weighted by molar-refractivity contribution is 5.92. The van der Waals surface area contributed by atoms with E-state index in [9.17, 15) is 9.59 Å². The van der Waals surface area contributed by atoms with Crippen LogP contribution in [-0.4, -0.2) is 55.7 Å². The van der Waals surface area contributed by atoms with E-state index in [-0.39, 0.29) is 17.4 Å². The standard InChI is InChI=1S/C25H33N5O2/c1-25(12-5-2-6-13-25)24(32)30-14-7-10-21(30)17-29-18-22(26-27-29)23(31)28-15-11-19-8-3-4-9-20(19)16-28/h3-4,8-9,18,21H,2,5-7,10-17H2,1H3. The van der Waals surface area contributed by atoms with Crippen molar-refractivity contribution in [3.63, 3.8) is 0 Å². The van der Waals surface area contributed by atoms with Crippen molar-refractivity contribution in [3.8, 4) is 0 Å². The molecule has 2 aliphatic heterocycles. The molecule has 2 fully saturated rings. The highest BCUT2D eigenvalue weighted by Gasteiger charge is 2.41. The van der Waals surface area contributed by atoms with E-state index in [1.54, 1.807) is 10.9 Å². The smallest absolute Gasteiger partial charge is 0.276 e. The first-order chi connectivity index (χ1) is 15.5. The molecule has 1 saturated carbocycles. The summed E-state index contributed by atoms with van der Waals surface area (Å²) in [6.07, 6.45) is 10.2. The van der Waals surface area contributed by atoms with Gasteiger partial charge < -0.3 is 9.80 Å². The van der Waals surface area contributed by atoms with Gasteiger partial charge in [-0.3, -0.25) is 9.59 Å². The molecule has 1 unspecified atom stereocenters. The van der Waals surface area contributed by atoms with Gasteiger partial charge in [-0.2, -0.15) is 0 Å². The molecule has 0 radical (unpaired) electrons. The van der Waals surface area contributed by atoms with Crippen molar-refractivity contribution in [1.29, 1.82) is 0 Å². The third-order valence-corrected chi connectivity index (χ3v) is 7.68. The Balaban J connectivity index is 1.24. The van der Waals surface area contributed by atoms with E-state index in [0.29, 0.717) is 31.2 Å². The normalized spacial score (nSPS) is 22.6. The molecule has 1 aliphatic carbocycles. The van der Waals surface area contributed by atoms with E-state index in [1.807, 2.05) is 17.0 Å². The third kappa shape index (κ3) is 4.05. The Morgan fingerprint density at radius 2 is 1.84 bits per heavy atom. The predicted octanol–water partition coefficient (Wildman–Crippen LogP) is 3.44. The molecule has 1 aromatic carbocycles. The Kier molecular flexibility index (Phi) is 5.74. The summed E-state index contributed by atoms with van der Waals surface area (Å²) >= 11 is 0. The van der Waals surface area contributed by atoms with Crippen molar-refractivity contribution in [2.75, 3.05) is 13.1 Å². The molecule has 3 aliphatic rings. The second-order valence-corrected chi connectivity index (χ2v) is 9.99. The van der Waals surface area contributed by atoms with E-state index in [2.05, 4.69) is 34.3 Å². The quantitative estimate of drug-likeness (QED) is 0.738. The number of hydrogen-bond acceptors (Lipinski definition) is 4. The molecule has 5 rings (SSSR count). The van der Waals surface area contributed by atoms with Crippen LogP contribution in [0.3, 0.4) is 0 Å². The van der Waals surface area contributed by atoms with Crippen LogP contribution < -0.4 is 0 Å². The number of nitrogens with zero attached hydrogens (tertiary/aromatic N) is 5. The zero-order valence-corrected chi connectivity index (χ0v) is 19.0. The fourth-order valence-corrected chi connectivity index (χ4v) is 5.72. The van der Waals surface area contributed by atoms with Gasteiger partial charge in [0.05, 0.1) is 18.8 Å². The molecular weight excluding hydrogens is 402 g/mol. The van der Waals surface area contributed by atoms with Gasteiger partial charge in [0.25, 0.3) is 5.91 Å². The minimum Gasteiger partial charge on any atom is -0.337 e. The minimum absolute atomic E-state index is 0.0696. The lowest BCUT2D eigenvalue weighted by Gasteiger charge is -2.38. The largest absolute Gasteiger partial charge is 0.337 e. The monoisotopic (exact) mass is 435 g/mol. The Bertz CT molecular complexity index is 994. The lowest BCUT2D eigenvalue weighted by Crippen LogP contribution is -2.47. The van der Waals surface area contributed by atoms with Crippen molar-refractivity contribution >= 4 is 11.8 Å². The van der Waals surface area contributed by atoms with Crippen molar-refractivity contribution in [1.82, 2.24) is 24.8 Å². The van der Waals surface area contributed by atoms with E-state index >= 15 is 0 Å². The summed E-state index contributed by atoms with van der Waals surface area (Å²) in [6.45, 7) is 4.89. The van der Waals surface area contributed by atoms with E-state index in [4.69, 9.17) is 0 Å². The van der Waals surface area contributed by atoms with Crippen LogP contribution in [0, 0.1) is 5.41 Å². The summed E-state index contributed by atoms with van der Waals surface area (Å²) in [6, 6.07) is 8.42. The molecule has 170 valence electrons. The maximum Gasteiger partial charge on any atom is 0.276 e. The lowest BCUT2D eigenvalue weighted by molar-refractivity contribution is -0.144. The maximum atomic E-state index is 13.4. The van der Waals surface area contributed by atoms with Crippen LogP contribution in [0.15, 0.2) is 30.5 Å². The Hall–Kier alpha value is -2.70. The SMILES string of the molecule is CC1(C(=O)N2CCCC2Cn2cc(C(=O)N3CCc4ccccc4C3)nn2)CCCCC1. The Morgan fingerprint density at radius 1 is 1.06 bits per heavy atom. The van der Waals surface area contributed by atoms with Crippen molar-refractivity contribution < 1.29 is 9.59 Å². The summed E-state index contributed by atoms with van der Waals surface area (Å²) in [5, 5.41) is 8.43. The average molecular weight is 436 g/mol. The zero-order valence-electron chi connectivity index (χ0n) is 19.0. The highest BCUT2D eigenvalue weighted by Crippen LogP contribution is 2.39. The van der Waals surface area contributed by atoms with E-state index < -0.39 is 0 Å². The van der Waals surface area contributed by atoms with Crippen molar-refractivity contribution in [3.05, 3.63) is 47.3 Å². The minimum atomic E-state index is -0.213. The molecule has 0 spiro atoms. The number of rotatable bonds is 4. The van der Waals surface area contributed by atoms with Crippen LogP contribution in [0.25, 0.3) is 0 Å². The fraction of sp³-hybridized carbons (Fsp3) is 0.600. The number of carbonyl (C=O) groups is 2. The molecular formula is C25H33N5O2. The summed E-state index contributed by atoms with van der Waals surface area (Å²) in [7, 11) is 0. The van der Waals surface area contributed by atoms with Crippen molar-refractivity contribution in [2.24, 2.45) is 5.41 Å². The van der Waals surface area contributed by atoms with Gasteiger partial charge in [0.2, 0.25) is 5.91 Å². The molecule has 1 aromatic heterocycles. The number of benzene rings is 1. The Morgan fingerprint density at radius 3 is 2.66 bits per heavy atom. The molecule has 7 nitrogen and oxygen atoms in total. The number of carbonyl (C=O) groups excluding carboxylic acids is 2. The number of aromatic nitrogens is 3. The van der Waals surface area contributed by atoms with Crippen LogP contribution in [-0.2, 0) is 24.3 Å². The van der Waals surface area contributed by atoms with Gasteiger partial charge in [-0.05, 0) is 43.2 Å². The van der Waals surface area contributed by atoms with E-state index in [1.165, 1.54) is 17.5 Å². The second-order valence-electron chi connectivity index (χ2n) is 9.99. The number of fused-ring (bicyclic) bond motifs is 1. The van der Waals surface area contributed by atoms with Gasteiger partial charge in [-0.15, -0.1) is 5.10 Å². The van der Waals surface area contributed by atoms with Gasteiger partial charge in [0, 0.05) is 25.0 Å². The van der Waals surface area contributed by atoms with Crippen LogP contribution in [0.5, 0.6) is 0 Å². The van der Waals surface area contributed by atoms with E-state index in [0.717, 1.165) is 51.5 Å². The molecule has 0 bridgehead atoms. The van der Waals surface area contributed by atoms with Crippen molar-refractivity contribution in [2.45, 2.75) is 77.4 Å². The summed E-state index contributed by atoms with van der Waals surface area (Å²) in [4.78, 5) is 30.3. The topological polar surface area (TPSA) is 71.3 Å². The molecule has 2 aromatic rings. The van der Waals surface area contributed by atoms with Crippen LogP contribution >= 0.6 is 0 Å². The molecule has 2 amide bonds. The van der Waals surface area contributed by atoms with Crippen LogP contribution in [0.1, 0.15) is 73.5 Å². The molecule has 7 heteroatoms. The molecule has 0 N–H and O–H groups in total. The van der Waals surface area contributed by atoms with Gasteiger partial charge in [-0.1, -0.05) is 55.7 Å².